The number of para-hydroxylation sites is 1. The fourth-order valence-electron chi connectivity index (χ4n) is 3.84. The van der Waals surface area contributed by atoms with E-state index >= 15 is 0 Å². The molecule has 3 aromatic carbocycles. The van der Waals surface area contributed by atoms with Gasteiger partial charge in [-0.15, -0.1) is 0 Å². The van der Waals surface area contributed by atoms with Crippen molar-refractivity contribution in [1.29, 1.82) is 0 Å². The fraction of sp³-hybridized carbons (Fsp3) is 0.286. The van der Waals surface area contributed by atoms with E-state index in [2.05, 4.69) is 5.32 Å². The lowest BCUT2D eigenvalue weighted by atomic mass is 10.1. The zero-order valence-corrected chi connectivity index (χ0v) is 22.4. The van der Waals surface area contributed by atoms with Gasteiger partial charge >= 0.3 is 0 Å². The summed E-state index contributed by atoms with van der Waals surface area (Å²) in [5.41, 5.74) is 0.476. The number of amides is 2. The molecule has 0 aliphatic heterocycles. The van der Waals surface area contributed by atoms with Gasteiger partial charge in [0, 0.05) is 18.7 Å². The maximum absolute atomic E-state index is 14.5. The second kappa shape index (κ2) is 13.0. The third kappa shape index (κ3) is 6.89. The van der Waals surface area contributed by atoms with Gasteiger partial charge in [0.2, 0.25) is 11.8 Å². The maximum Gasteiger partial charge on any atom is 0.264 e. The minimum Gasteiger partial charge on any atom is -0.494 e. The molecule has 202 valence electrons. The highest BCUT2D eigenvalue weighted by molar-refractivity contribution is 7.92. The smallest absolute Gasteiger partial charge is 0.264 e. The van der Waals surface area contributed by atoms with Crippen LogP contribution in [-0.4, -0.2) is 50.9 Å². The summed E-state index contributed by atoms with van der Waals surface area (Å²) in [5.74, 6) is -1.11. The van der Waals surface area contributed by atoms with Crippen LogP contribution in [0.1, 0.15) is 26.3 Å². The number of sulfonamides is 1. The third-order valence-electron chi connectivity index (χ3n) is 5.86. The number of benzene rings is 3. The molecule has 10 heteroatoms. The van der Waals surface area contributed by atoms with Gasteiger partial charge in [-0.1, -0.05) is 36.4 Å². The fourth-order valence-corrected chi connectivity index (χ4v) is 5.25. The van der Waals surface area contributed by atoms with E-state index in [0.29, 0.717) is 18.9 Å². The van der Waals surface area contributed by atoms with Crippen molar-refractivity contribution in [3.63, 3.8) is 0 Å². The minimum atomic E-state index is -4.20. The van der Waals surface area contributed by atoms with Crippen LogP contribution in [0.25, 0.3) is 0 Å². The van der Waals surface area contributed by atoms with E-state index in [0.717, 1.165) is 4.31 Å². The van der Waals surface area contributed by atoms with Crippen LogP contribution >= 0.6 is 0 Å². The van der Waals surface area contributed by atoms with Crippen LogP contribution in [0.5, 0.6) is 5.75 Å². The maximum atomic E-state index is 14.5. The second-order valence-corrected chi connectivity index (χ2v) is 10.3. The van der Waals surface area contributed by atoms with E-state index in [9.17, 15) is 22.4 Å². The number of nitrogens with one attached hydrogen (secondary N) is 1. The van der Waals surface area contributed by atoms with Gasteiger partial charge in [0.15, 0.2) is 0 Å². The zero-order chi connectivity index (χ0) is 27.7. The Morgan fingerprint density at radius 1 is 0.947 bits per heavy atom. The number of nitrogens with zero attached hydrogens (tertiary/aromatic N) is 2. The summed E-state index contributed by atoms with van der Waals surface area (Å²) in [5, 5.41) is 2.67. The lowest BCUT2D eigenvalue weighted by Crippen LogP contribution is -2.51. The summed E-state index contributed by atoms with van der Waals surface area (Å²) < 4.78 is 48.4. The molecule has 0 aliphatic rings. The monoisotopic (exact) mass is 541 g/mol. The van der Waals surface area contributed by atoms with Crippen LogP contribution in [0, 0.1) is 5.82 Å². The van der Waals surface area contributed by atoms with Crippen LogP contribution < -0.4 is 14.4 Å². The van der Waals surface area contributed by atoms with Gasteiger partial charge in [0.05, 0.1) is 17.2 Å². The molecule has 0 unspecified atom stereocenters. The molecule has 0 aromatic heterocycles. The first kappa shape index (κ1) is 28.6. The Kier molecular flexibility index (Phi) is 9.84. The normalized spacial score (nSPS) is 11.9. The van der Waals surface area contributed by atoms with Crippen molar-refractivity contribution in [2.24, 2.45) is 0 Å². The third-order valence-corrected chi connectivity index (χ3v) is 7.65. The lowest BCUT2D eigenvalue weighted by molar-refractivity contribution is -0.139. The molecule has 3 aromatic rings. The van der Waals surface area contributed by atoms with Gasteiger partial charge in [-0.3, -0.25) is 13.9 Å². The van der Waals surface area contributed by atoms with E-state index < -0.39 is 40.2 Å². The molecule has 3 rings (SSSR count). The van der Waals surface area contributed by atoms with Gasteiger partial charge in [-0.2, -0.15) is 0 Å². The van der Waals surface area contributed by atoms with Crippen LogP contribution in [0.15, 0.2) is 83.8 Å². The standard InChI is InChI=1S/C28H32FN3O5S/c1-4-30-28(34)21(3)31(19-22-11-9-10-14-26(22)29)27(33)20-32(23-12-7-6-8-13-23)38(35,36)25-17-15-24(16-18-25)37-5-2/h6-18,21H,4-5,19-20H2,1-3H3,(H,30,34)/t21-/m0/s1. The van der Waals surface area contributed by atoms with Crippen LogP contribution in [0.3, 0.4) is 0 Å². The molecule has 1 atom stereocenters. The number of rotatable bonds is 12. The SMILES string of the molecule is CCNC(=O)[C@H](C)N(Cc1ccccc1F)C(=O)CN(c1ccccc1)S(=O)(=O)c1ccc(OCC)cc1. The second-order valence-electron chi connectivity index (χ2n) is 8.44. The summed E-state index contributed by atoms with van der Waals surface area (Å²) in [6.07, 6.45) is 0. The van der Waals surface area contributed by atoms with Gasteiger partial charge < -0.3 is 15.0 Å². The molecule has 2 amide bonds. The molecular weight excluding hydrogens is 509 g/mol. The average Bonchev–Trinajstić information content (AvgIpc) is 2.92. The van der Waals surface area contributed by atoms with E-state index in [-0.39, 0.29) is 22.7 Å². The van der Waals surface area contributed by atoms with Crippen molar-refractivity contribution in [2.45, 2.75) is 38.3 Å². The number of halogens is 1. The van der Waals surface area contributed by atoms with E-state index in [4.69, 9.17) is 4.74 Å². The Balaban J connectivity index is 2.00. The number of ether oxygens (including phenoxy) is 1. The average molecular weight is 542 g/mol. The molecule has 0 saturated carbocycles. The Morgan fingerprint density at radius 3 is 2.18 bits per heavy atom. The van der Waals surface area contributed by atoms with Crippen LogP contribution in [0.4, 0.5) is 10.1 Å². The molecule has 8 nitrogen and oxygen atoms in total. The molecular formula is C28H32FN3O5S. The number of anilines is 1. The van der Waals surface area contributed by atoms with E-state index in [1.807, 2.05) is 6.92 Å². The highest BCUT2D eigenvalue weighted by Gasteiger charge is 2.32. The van der Waals surface area contributed by atoms with Crippen LogP contribution in [0.2, 0.25) is 0 Å². The molecule has 38 heavy (non-hydrogen) atoms. The molecule has 1 N–H and O–H groups in total. The van der Waals surface area contributed by atoms with Gasteiger partial charge in [0.1, 0.15) is 24.2 Å². The first-order chi connectivity index (χ1) is 18.2. The lowest BCUT2D eigenvalue weighted by Gasteiger charge is -2.32. The summed E-state index contributed by atoms with van der Waals surface area (Å²) in [6, 6.07) is 19.1. The Labute approximate surface area is 223 Å². The first-order valence-corrected chi connectivity index (χ1v) is 13.7. The topological polar surface area (TPSA) is 96.0 Å². The molecule has 0 saturated heterocycles. The van der Waals surface area contributed by atoms with Crippen molar-refractivity contribution in [3.05, 3.63) is 90.2 Å². The van der Waals surface area contributed by atoms with E-state index in [1.54, 1.807) is 55.5 Å². The summed E-state index contributed by atoms with van der Waals surface area (Å²) in [4.78, 5) is 27.5. The molecule has 0 heterocycles. The number of hydrogen-bond donors (Lipinski definition) is 1. The highest BCUT2D eigenvalue weighted by Crippen LogP contribution is 2.26. The Hall–Kier alpha value is -3.92. The van der Waals surface area contributed by atoms with E-state index in [1.165, 1.54) is 42.2 Å². The molecule has 0 radical (unpaired) electrons. The zero-order valence-electron chi connectivity index (χ0n) is 21.6. The van der Waals surface area contributed by atoms with Gasteiger partial charge in [-0.25, -0.2) is 12.8 Å². The van der Waals surface area contributed by atoms with Crippen molar-refractivity contribution in [3.8, 4) is 5.75 Å². The molecule has 0 spiro atoms. The molecule has 0 fully saturated rings. The van der Waals surface area contributed by atoms with Gasteiger partial charge in [-0.05, 0) is 63.2 Å². The molecule has 0 aliphatic carbocycles. The van der Waals surface area contributed by atoms with Crippen molar-refractivity contribution < 1.29 is 27.1 Å². The van der Waals surface area contributed by atoms with Crippen molar-refractivity contribution in [1.82, 2.24) is 10.2 Å². The molecule has 0 bridgehead atoms. The number of carbonyl (C=O) groups is 2. The highest BCUT2D eigenvalue weighted by atomic mass is 32.2. The quantitative estimate of drug-likeness (QED) is 0.374. The Bertz CT molecular complexity index is 1330. The van der Waals surface area contributed by atoms with Crippen molar-refractivity contribution >= 4 is 27.5 Å². The Morgan fingerprint density at radius 2 is 1.58 bits per heavy atom. The summed E-state index contributed by atoms with van der Waals surface area (Å²) in [7, 11) is -4.20. The largest absolute Gasteiger partial charge is 0.494 e. The first-order valence-electron chi connectivity index (χ1n) is 12.3. The van der Waals surface area contributed by atoms with Crippen molar-refractivity contribution in [2.75, 3.05) is 24.0 Å². The van der Waals surface area contributed by atoms with Crippen LogP contribution in [-0.2, 0) is 26.2 Å². The number of carbonyl (C=O) groups excluding carboxylic acids is 2. The van der Waals surface area contributed by atoms with Gasteiger partial charge in [0.25, 0.3) is 10.0 Å². The predicted octanol–water partition coefficient (Wildman–Crippen LogP) is 3.97. The summed E-state index contributed by atoms with van der Waals surface area (Å²) >= 11 is 0. The minimum absolute atomic E-state index is 0.0324. The number of likely N-dealkylation sites (N-methyl/N-ethyl adjacent to an activating group) is 1. The predicted molar refractivity (Wildman–Crippen MR) is 144 cm³/mol. The number of hydrogen-bond acceptors (Lipinski definition) is 5. The summed E-state index contributed by atoms with van der Waals surface area (Å²) in [6.45, 7) is 5.05.